The van der Waals surface area contributed by atoms with Crippen LogP contribution in [0.5, 0.6) is 0 Å². The standard InChI is InChI=1S/C18H24F2N2O3/c1-3-21-17(24)22-9-5-8-18(12-22,16(23)25-4-2)11-13-6-7-14(19)10-15(13)20/h6-7,10H,3-5,8-9,11-12H2,1-2H3,(H,21,24)/t18-/m1/s1. The van der Waals surface area contributed by atoms with E-state index < -0.39 is 23.0 Å². The van der Waals surface area contributed by atoms with Crippen LogP contribution in [0.1, 0.15) is 32.3 Å². The monoisotopic (exact) mass is 354 g/mol. The van der Waals surface area contributed by atoms with Crippen LogP contribution in [0.2, 0.25) is 0 Å². The Morgan fingerprint density at radius 2 is 2.08 bits per heavy atom. The van der Waals surface area contributed by atoms with Crippen LogP contribution in [-0.4, -0.2) is 43.1 Å². The molecule has 0 radical (unpaired) electrons. The average molecular weight is 354 g/mol. The molecular weight excluding hydrogens is 330 g/mol. The fraction of sp³-hybridized carbons (Fsp3) is 0.556. The van der Waals surface area contributed by atoms with Crippen LogP contribution >= 0.6 is 0 Å². The molecule has 25 heavy (non-hydrogen) atoms. The first-order valence-electron chi connectivity index (χ1n) is 8.56. The van der Waals surface area contributed by atoms with Crippen molar-refractivity contribution in [1.29, 1.82) is 0 Å². The molecule has 1 heterocycles. The van der Waals surface area contributed by atoms with Crippen LogP contribution in [-0.2, 0) is 16.0 Å². The van der Waals surface area contributed by atoms with Crippen molar-refractivity contribution in [3.63, 3.8) is 0 Å². The van der Waals surface area contributed by atoms with Gasteiger partial charge in [0.15, 0.2) is 0 Å². The van der Waals surface area contributed by atoms with Gasteiger partial charge < -0.3 is 15.0 Å². The van der Waals surface area contributed by atoms with Gasteiger partial charge in [0, 0.05) is 25.7 Å². The predicted molar refractivity (Wildman–Crippen MR) is 89.0 cm³/mol. The zero-order valence-electron chi connectivity index (χ0n) is 14.6. The Hall–Kier alpha value is -2.18. The zero-order chi connectivity index (χ0) is 18.4. The number of hydrogen-bond donors (Lipinski definition) is 1. The number of likely N-dealkylation sites (tertiary alicyclic amines) is 1. The number of halogens is 2. The Balaban J connectivity index is 2.30. The highest BCUT2D eigenvalue weighted by Gasteiger charge is 2.45. The molecule has 1 aromatic rings. The third kappa shape index (κ3) is 4.46. The Bertz CT molecular complexity index is 639. The number of carbonyl (C=O) groups is 2. The SMILES string of the molecule is CCNC(=O)N1CCC[C@](Cc2ccc(F)cc2F)(C(=O)OCC)C1. The second kappa shape index (κ2) is 8.27. The van der Waals surface area contributed by atoms with E-state index in [0.717, 1.165) is 6.07 Å². The van der Waals surface area contributed by atoms with Crippen LogP contribution < -0.4 is 5.32 Å². The number of rotatable bonds is 5. The highest BCUT2D eigenvalue weighted by molar-refractivity contribution is 5.80. The number of ether oxygens (including phenoxy) is 1. The molecule has 1 saturated heterocycles. The Kier molecular flexibility index (Phi) is 6.33. The summed E-state index contributed by atoms with van der Waals surface area (Å²) in [6, 6.07) is 3.06. The van der Waals surface area contributed by atoms with Gasteiger partial charge in [-0.1, -0.05) is 6.07 Å². The molecular formula is C18H24F2N2O3. The number of urea groups is 1. The van der Waals surface area contributed by atoms with Crippen LogP contribution in [0, 0.1) is 17.0 Å². The van der Waals surface area contributed by atoms with E-state index >= 15 is 0 Å². The fourth-order valence-electron chi connectivity index (χ4n) is 3.27. The molecule has 1 atom stereocenters. The van der Waals surface area contributed by atoms with E-state index in [1.807, 2.05) is 6.92 Å². The third-order valence-electron chi connectivity index (χ3n) is 4.44. The molecule has 0 spiro atoms. The van der Waals surface area contributed by atoms with Crippen LogP contribution in [0.15, 0.2) is 18.2 Å². The molecule has 2 rings (SSSR count). The lowest BCUT2D eigenvalue weighted by molar-refractivity contribution is -0.158. The lowest BCUT2D eigenvalue weighted by atomic mass is 9.75. The number of nitrogens with zero attached hydrogens (tertiary/aromatic N) is 1. The van der Waals surface area contributed by atoms with Gasteiger partial charge in [0.25, 0.3) is 0 Å². The van der Waals surface area contributed by atoms with Gasteiger partial charge in [0.05, 0.1) is 12.0 Å². The van der Waals surface area contributed by atoms with Gasteiger partial charge in [0.2, 0.25) is 0 Å². The predicted octanol–water partition coefficient (Wildman–Crippen LogP) is 2.88. The van der Waals surface area contributed by atoms with Crippen LogP contribution in [0.4, 0.5) is 13.6 Å². The largest absolute Gasteiger partial charge is 0.466 e. The van der Waals surface area contributed by atoms with Crippen molar-refractivity contribution >= 4 is 12.0 Å². The summed E-state index contributed by atoms with van der Waals surface area (Å²) < 4.78 is 32.5. The zero-order valence-corrected chi connectivity index (χ0v) is 14.6. The summed E-state index contributed by atoms with van der Waals surface area (Å²) in [7, 11) is 0. The van der Waals surface area contributed by atoms with Crippen LogP contribution in [0.25, 0.3) is 0 Å². The van der Waals surface area contributed by atoms with E-state index in [2.05, 4.69) is 5.32 Å². The molecule has 138 valence electrons. The van der Waals surface area contributed by atoms with Crippen LogP contribution in [0.3, 0.4) is 0 Å². The summed E-state index contributed by atoms with van der Waals surface area (Å²) in [4.78, 5) is 26.4. The van der Waals surface area contributed by atoms with Crippen molar-refractivity contribution in [2.24, 2.45) is 5.41 Å². The fourth-order valence-corrected chi connectivity index (χ4v) is 3.27. The first-order chi connectivity index (χ1) is 11.9. The van der Waals surface area contributed by atoms with Gasteiger partial charge in [-0.3, -0.25) is 4.79 Å². The number of benzene rings is 1. The van der Waals surface area contributed by atoms with Gasteiger partial charge in [-0.25, -0.2) is 13.6 Å². The van der Waals surface area contributed by atoms with Crippen molar-refractivity contribution in [2.45, 2.75) is 33.1 Å². The second-order valence-electron chi connectivity index (χ2n) is 6.27. The molecule has 0 aromatic heterocycles. The normalized spacial score (nSPS) is 20.2. The van der Waals surface area contributed by atoms with Gasteiger partial charge in [-0.05, 0) is 44.7 Å². The molecule has 0 aliphatic carbocycles. The maximum Gasteiger partial charge on any atom is 0.317 e. The molecule has 0 unspecified atom stereocenters. The minimum atomic E-state index is -1.03. The van der Waals surface area contributed by atoms with Crippen molar-refractivity contribution in [3.05, 3.63) is 35.4 Å². The number of piperidine rings is 1. The number of hydrogen-bond acceptors (Lipinski definition) is 3. The van der Waals surface area contributed by atoms with Crippen molar-refractivity contribution in [2.75, 3.05) is 26.2 Å². The molecule has 1 fully saturated rings. The highest BCUT2D eigenvalue weighted by Crippen LogP contribution is 2.36. The summed E-state index contributed by atoms with van der Waals surface area (Å²) in [5, 5.41) is 2.72. The topological polar surface area (TPSA) is 58.6 Å². The molecule has 2 amide bonds. The maximum atomic E-state index is 14.1. The van der Waals surface area contributed by atoms with Gasteiger partial charge in [-0.15, -0.1) is 0 Å². The van der Waals surface area contributed by atoms with E-state index in [0.29, 0.717) is 25.9 Å². The third-order valence-corrected chi connectivity index (χ3v) is 4.44. The van der Waals surface area contributed by atoms with Gasteiger partial charge in [0.1, 0.15) is 11.6 Å². The van der Waals surface area contributed by atoms with Crippen molar-refractivity contribution in [3.8, 4) is 0 Å². The molecule has 1 aliphatic rings. The minimum Gasteiger partial charge on any atom is -0.466 e. The van der Waals surface area contributed by atoms with Crippen molar-refractivity contribution < 1.29 is 23.1 Å². The lowest BCUT2D eigenvalue weighted by Gasteiger charge is -2.41. The van der Waals surface area contributed by atoms with E-state index in [1.54, 1.807) is 11.8 Å². The van der Waals surface area contributed by atoms with Gasteiger partial charge in [-0.2, -0.15) is 0 Å². The molecule has 7 heteroatoms. The highest BCUT2D eigenvalue weighted by atomic mass is 19.1. The Morgan fingerprint density at radius 3 is 2.72 bits per heavy atom. The number of carbonyl (C=O) groups excluding carboxylic acids is 2. The molecule has 0 saturated carbocycles. The first-order valence-corrected chi connectivity index (χ1v) is 8.56. The summed E-state index contributed by atoms with van der Waals surface area (Å²) in [6.07, 6.45) is 1.16. The molecule has 1 aromatic carbocycles. The van der Waals surface area contributed by atoms with Crippen molar-refractivity contribution in [1.82, 2.24) is 10.2 Å². The molecule has 1 N–H and O–H groups in total. The quantitative estimate of drug-likeness (QED) is 0.827. The number of esters is 1. The Labute approximate surface area is 146 Å². The molecule has 1 aliphatic heterocycles. The summed E-state index contributed by atoms with van der Waals surface area (Å²) in [5.74, 6) is -1.81. The maximum absolute atomic E-state index is 14.1. The minimum absolute atomic E-state index is 0.0633. The smallest absolute Gasteiger partial charge is 0.317 e. The summed E-state index contributed by atoms with van der Waals surface area (Å²) in [6.45, 7) is 4.87. The summed E-state index contributed by atoms with van der Waals surface area (Å²) in [5.41, 5.74) is -0.787. The second-order valence-corrected chi connectivity index (χ2v) is 6.27. The molecule has 0 bridgehead atoms. The van der Waals surface area contributed by atoms with Gasteiger partial charge >= 0.3 is 12.0 Å². The van der Waals surface area contributed by atoms with E-state index in [1.165, 1.54) is 12.1 Å². The number of nitrogens with one attached hydrogen (secondary N) is 1. The number of amides is 2. The lowest BCUT2D eigenvalue weighted by Crippen LogP contribution is -2.54. The van der Waals surface area contributed by atoms with E-state index in [9.17, 15) is 18.4 Å². The van der Waals surface area contributed by atoms with E-state index in [-0.39, 0.29) is 31.2 Å². The Morgan fingerprint density at radius 1 is 1.32 bits per heavy atom. The summed E-state index contributed by atoms with van der Waals surface area (Å²) >= 11 is 0. The average Bonchev–Trinajstić information content (AvgIpc) is 2.58. The first kappa shape index (κ1) is 19.1. The molecule has 5 nitrogen and oxygen atoms in total. The van der Waals surface area contributed by atoms with E-state index in [4.69, 9.17) is 4.74 Å².